The molecule has 7 heteroatoms. The lowest BCUT2D eigenvalue weighted by Gasteiger charge is -2.21. The fraction of sp³-hybridized carbons (Fsp3) is 0.240. The Morgan fingerprint density at radius 2 is 1.56 bits per heavy atom. The number of hydrogen-bond acceptors (Lipinski definition) is 4. The van der Waals surface area contributed by atoms with Gasteiger partial charge in [-0.05, 0) is 41.7 Å². The van der Waals surface area contributed by atoms with Crippen molar-refractivity contribution >= 4 is 17.8 Å². The smallest absolute Gasteiger partial charge is 0.371 e. The summed E-state index contributed by atoms with van der Waals surface area (Å²) in [7, 11) is 0. The van der Waals surface area contributed by atoms with Crippen LogP contribution in [0.5, 0.6) is 0 Å². The molecule has 3 aromatic rings. The first-order valence-electron chi connectivity index (χ1n) is 10.3. The highest BCUT2D eigenvalue weighted by Gasteiger charge is 2.21. The van der Waals surface area contributed by atoms with Gasteiger partial charge in [0.25, 0.3) is 0 Å². The van der Waals surface area contributed by atoms with E-state index >= 15 is 0 Å². The van der Waals surface area contributed by atoms with E-state index < -0.39 is 23.9 Å². The Kier molecular flexibility index (Phi) is 7.44. The third-order valence-corrected chi connectivity index (χ3v) is 5.18. The zero-order valence-corrected chi connectivity index (χ0v) is 17.7. The summed E-state index contributed by atoms with van der Waals surface area (Å²) in [5.74, 6) is -3.13. The number of carboxylic acids is 2. The predicted molar refractivity (Wildman–Crippen MR) is 118 cm³/mol. The lowest BCUT2D eigenvalue weighted by molar-refractivity contribution is -0.141. The molecule has 0 aliphatic rings. The average Bonchev–Trinajstić information content (AvgIpc) is 3.23. The van der Waals surface area contributed by atoms with Gasteiger partial charge in [-0.15, -0.1) is 0 Å². The molecule has 2 aromatic carbocycles. The molecule has 0 aliphatic heterocycles. The molecule has 3 rings (SSSR count). The fourth-order valence-electron chi connectivity index (χ4n) is 3.49. The SMILES string of the molecule is C[C@H](CC(Cc1ccc(-c2ccccc2)cc1)NC(=O)Cc1ccc(C(=O)O)o1)C(=O)O. The monoisotopic (exact) mass is 435 g/mol. The summed E-state index contributed by atoms with van der Waals surface area (Å²) in [4.78, 5) is 34.8. The number of benzene rings is 2. The highest BCUT2D eigenvalue weighted by Crippen LogP contribution is 2.21. The highest BCUT2D eigenvalue weighted by atomic mass is 16.4. The summed E-state index contributed by atoms with van der Waals surface area (Å²) >= 11 is 0. The number of rotatable bonds is 10. The molecule has 7 nitrogen and oxygen atoms in total. The minimum atomic E-state index is -1.20. The molecule has 0 saturated heterocycles. The minimum absolute atomic E-state index is 0.127. The molecular formula is C25H25NO6. The van der Waals surface area contributed by atoms with Gasteiger partial charge in [-0.25, -0.2) is 4.79 Å². The van der Waals surface area contributed by atoms with Crippen LogP contribution in [0.4, 0.5) is 0 Å². The van der Waals surface area contributed by atoms with Crippen molar-refractivity contribution in [3.05, 3.63) is 83.8 Å². The molecule has 1 amide bonds. The van der Waals surface area contributed by atoms with Crippen molar-refractivity contribution in [2.45, 2.75) is 32.2 Å². The van der Waals surface area contributed by atoms with E-state index in [-0.39, 0.29) is 30.3 Å². The first-order chi connectivity index (χ1) is 15.3. The van der Waals surface area contributed by atoms with Gasteiger partial charge in [-0.2, -0.15) is 0 Å². The van der Waals surface area contributed by atoms with Crippen molar-refractivity contribution in [1.29, 1.82) is 0 Å². The van der Waals surface area contributed by atoms with Crippen molar-refractivity contribution < 1.29 is 29.0 Å². The summed E-state index contributed by atoms with van der Waals surface area (Å²) in [5.41, 5.74) is 3.14. The number of aromatic carboxylic acids is 1. The molecule has 166 valence electrons. The minimum Gasteiger partial charge on any atom is -0.481 e. The summed E-state index contributed by atoms with van der Waals surface area (Å²) in [6.45, 7) is 1.60. The molecule has 0 radical (unpaired) electrons. The number of furan rings is 1. The molecular weight excluding hydrogens is 410 g/mol. The van der Waals surface area contributed by atoms with Crippen LogP contribution in [0.1, 0.15) is 35.2 Å². The summed E-state index contributed by atoms with van der Waals surface area (Å²) < 4.78 is 5.14. The van der Waals surface area contributed by atoms with Crippen LogP contribution in [-0.2, 0) is 22.4 Å². The van der Waals surface area contributed by atoms with Crippen molar-refractivity contribution in [3.8, 4) is 11.1 Å². The lowest BCUT2D eigenvalue weighted by atomic mass is 9.95. The quantitative estimate of drug-likeness (QED) is 0.443. The lowest BCUT2D eigenvalue weighted by Crippen LogP contribution is -2.39. The maximum Gasteiger partial charge on any atom is 0.371 e. The maximum absolute atomic E-state index is 12.5. The Labute approximate surface area is 185 Å². The Bertz CT molecular complexity index is 1070. The van der Waals surface area contributed by atoms with Gasteiger partial charge >= 0.3 is 11.9 Å². The Morgan fingerprint density at radius 3 is 2.16 bits per heavy atom. The largest absolute Gasteiger partial charge is 0.481 e. The number of nitrogens with one attached hydrogen (secondary N) is 1. The normalized spacial score (nSPS) is 12.7. The van der Waals surface area contributed by atoms with Crippen molar-refractivity contribution in [2.75, 3.05) is 0 Å². The molecule has 0 bridgehead atoms. The van der Waals surface area contributed by atoms with Crippen LogP contribution in [0.25, 0.3) is 11.1 Å². The first kappa shape index (κ1) is 22.8. The van der Waals surface area contributed by atoms with Gasteiger partial charge in [-0.1, -0.05) is 61.5 Å². The van der Waals surface area contributed by atoms with Crippen LogP contribution in [0.15, 0.2) is 71.1 Å². The Morgan fingerprint density at radius 1 is 0.906 bits per heavy atom. The van der Waals surface area contributed by atoms with E-state index in [1.54, 1.807) is 6.92 Å². The first-order valence-corrected chi connectivity index (χ1v) is 10.3. The van der Waals surface area contributed by atoms with Gasteiger partial charge in [-0.3, -0.25) is 9.59 Å². The molecule has 2 atom stereocenters. The highest BCUT2D eigenvalue weighted by molar-refractivity contribution is 5.85. The van der Waals surface area contributed by atoms with Gasteiger partial charge in [0.05, 0.1) is 12.3 Å². The number of carboxylic acid groups (broad SMARTS) is 2. The molecule has 0 saturated carbocycles. The van der Waals surface area contributed by atoms with Gasteiger partial charge in [0, 0.05) is 6.04 Å². The van der Waals surface area contributed by atoms with Crippen molar-refractivity contribution in [1.82, 2.24) is 5.32 Å². The van der Waals surface area contributed by atoms with Crippen LogP contribution in [0, 0.1) is 5.92 Å². The van der Waals surface area contributed by atoms with E-state index in [1.165, 1.54) is 12.1 Å². The maximum atomic E-state index is 12.5. The summed E-state index contributed by atoms with van der Waals surface area (Å²) in [5, 5.41) is 21.1. The van der Waals surface area contributed by atoms with Crippen molar-refractivity contribution in [2.24, 2.45) is 5.92 Å². The molecule has 1 unspecified atom stereocenters. The van der Waals surface area contributed by atoms with E-state index in [2.05, 4.69) is 5.32 Å². The van der Waals surface area contributed by atoms with Crippen LogP contribution < -0.4 is 5.32 Å². The second-order valence-corrected chi connectivity index (χ2v) is 7.75. The Hall–Kier alpha value is -3.87. The van der Waals surface area contributed by atoms with Gasteiger partial charge in [0.1, 0.15) is 5.76 Å². The third-order valence-electron chi connectivity index (χ3n) is 5.18. The molecule has 1 heterocycles. The van der Waals surface area contributed by atoms with Crippen LogP contribution in [0.2, 0.25) is 0 Å². The Balaban J connectivity index is 1.68. The van der Waals surface area contributed by atoms with Crippen LogP contribution in [-0.4, -0.2) is 34.1 Å². The van der Waals surface area contributed by atoms with Gasteiger partial charge in [0.15, 0.2) is 0 Å². The average molecular weight is 435 g/mol. The second kappa shape index (κ2) is 10.4. The van der Waals surface area contributed by atoms with E-state index in [4.69, 9.17) is 9.52 Å². The molecule has 0 fully saturated rings. The topological polar surface area (TPSA) is 117 Å². The van der Waals surface area contributed by atoms with E-state index in [1.807, 2.05) is 54.6 Å². The fourth-order valence-corrected chi connectivity index (χ4v) is 3.49. The van der Waals surface area contributed by atoms with Crippen LogP contribution in [0.3, 0.4) is 0 Å². The number of amides is 1. The third kappa shape index (κ3) is 6.31. The number of hydrogen-bond donors (Lipinski definition) is 3. The molecule has 0 spiro atoms. The molecule has 32 heavy (non-hydrogen) atoms. The second-order valence-electron chi connectivity index (χ2n) is 7.75. The zero-order chi connectivity index (χ0) is 23.1. The van der Waals surface area contributed by atoms with Crippen molar-refractivity contribution in [3.63, 3.8) is 0 Å². The van der Waals surface area contributed by atoms with E-state index in [0.717, 1.165) is 16.7 Å². The standard InChI is InChI=1S/C25H25NO6/c1-16(24(28)29)13-20(26-23(27)15-21-11-12-22(32-21)25(30)31)14-17-7-9-19(10-8-17)18-5-3-2-4-6-18/h2-12,16,20H,13-15H2,1H3,(H,26,27)(H,28,29)(H,30,31)/t16-,20?/m1/s1. The van der Waals surface area contributed by atoms with Gasteiger partial charge in [0.2, 0.25) is 11.7 Å². The van der Waals surface area contributed by atoms with E-state index in [0.29, 0.717) is 6.42 Å². The number of aliphatic carboxylic acids is 1. The summed E-state index contributed by atoms with van der Waals surface area (Å²) in [6, 6.07) is 20.2. The molecule has 3 N–H and O–H groups in total. The molecule has 0 aliphatic carbocycles. The summed E-state index contributed by atoms with van der Waals surface area (Å²) in [6.07, 6.45) is 0.606. The zero-order valence-electron chi connectivity index (χ0n) is 17.7. The number of carbonyl (C=O) groups excluding carboxylic acids is 1. The molecule has 1 aromatic heterocycles. The predicted octanol–water partition coefficient (Wildman–Crippen LogP) is 4.03. The number of carbonyl (C=O) groups is 3. The van der Waals surface area contributed by atoms with Crippen LogP contribution >= 0.6 is 0 Å². The van der Waals surface area contributed by atoms with Gasteiger partial charge < -0.3 is 19.9 Å². The van der Waals surface area contributed by atoms with E-state index in [9.17, 15) is 19.5 Å².